The molecule has 0 aliphatic rings. The number of nitrogens with zero attached hydrogens (tertiary/aromatic N) is 3. The minimum Gasteiger partial charge on any atom is -0.394 e. The molecule has 0 aliphatic carbocycles. The van der Waals surface area contributed by atoms with Gasteiger partial charge in [0.15, 0.2) is 5.82 Å². The lowest BCUT2D eigenvalue weighted by atomic mass is 10.4. The summed E-state index contributed by atoms with van der Waals surface area (Å²) in [5.41, 5.74) is 5.26. The number of aliphatic hydroxyl groups is 2. The third-order valence-electron chi connectivity index (χ3n) is 1.16. The largest absolute Gasteiger partial charge is 0.394 e. The molecule has 1 heterocycles. The van der Waals surface area contributed by atoms with Crippen molar-refractivity contribution < 1.29 is 10.2 Å². The van der Waals surface area contributed by atoms with Crippen LogP contribution in [0.5, 0.6) is 0 Å². The van der Waals surface area contributed by atoms with E-state index in [4.69, 9.17) is 15.9 Å². The van der Waals surface area contributed by atoms with E-state index < -0.39 is 6.10 Å². The lowest BCUT2D eigenvalue weighted by molar-refractivity contribution is 0.0778. The molecule has 0 radical (unpaired) electrons. The van der Waals surface area contributed by atoms with Gasteiger partial charge in [-0.2, -0.15) is 0 Å². The third-order valence-corrected chi connectivity index (χ3v) is 1.16. The lowest BCUT2D eigenvalue weighted by Gasteiger charge is -2.04. The molecule has 0 amide bonds. The lowest BCUT2D eigenvalue weighted by Crippen LogP contribution is -2.20. The van der Waals surface area contributed by atoms with E-state index in [9.17, 15) is 0 Å². The summed E-state index contributed by atoms with van der Waals surface area (Å²) >= 11 is 0. The van der Waals surface area contributed by atoms with Crippen LogP contribution in [0, 0.1) is 0 Å². The van der Waals surface area contributed by atoms with E-state index in [2.05, 4.69) is 10.3 Å². The number of anilines is 1. The first-order valence-electron chi connectivity index (χ1n) is 3.17. The fourth-order valence-corrected chi connectivity index (χ4v) is 0.676. The maximum atomic E-state index is 8.94. The van der Waals surface area contributed by atoms with Gasteiger partial charge in [0.25, 0.3) is 0 Å². The Morgan fingerprint density at radius 3 is 2.91 bits per heavy atom. The Labute approximate surface area is 63.2 Å². The number of nitrogen functional groups attached to an aromatic ring is 1. The Morgan fingerprint density at radius 1 is 1.73 bits per heavy atom. The quantitative estimate of drug-likeness (QED) is 0.483. The Morgan fingerprint density at radius 2 is 2.45 bits per heavy atom. The molecule has 1 unspecified atom stereocenters. The van der Waals surface area contributed by atoms with Gasteiger partial charge in [0.05, 0.1) is 25.5 Å². The maximum absolute atomic E-state index is 8.94. The Balaban J connectivity index is 2.50. The predicted molar refractivity (Wildman–Crippen MR) is 37.5 cm³/mol. The van der Waals surface area contributed by atoms with Crippen molar-refractivity contribution in [2.45, 2.75) is 12.6 Å². The molecule has 0 saturated heterocycles. The molecule has 62 valence electrons. The van der Waals surface area contributed by atoms with Crippen LogP contribution in [0.1, 0.15) is 0 Å². The van der Waals surface area contributed by atoms with Crippen LogP contribution in [0.15, 0.2) is 6.20 Å². The van der Waals surface area contributed by atoms with Crippen LogP contribution < -0.4 is 5.73 Å². The molecule has 0 saturated carbocycles. The van der Waals surface area contributed by atoms with Crippen molar-refractivity contribution in [3.8, 4) is 0 Å². The van der Waals surface area contributed by atoms with Crippen LogP contribution >= 0.6 is 0 Å². The van der Waals surface area contributed by atoms with E-state index in [0.717, 1.165) is 0 Å². The van der Waals surface area contributed by atoms with Gasteiger partial charge in [-0.3, -0.25) is 0 Å². The number of aliphatic hydroxyl groups excluding tert-OH is 2. The molecule has 1 aromatic heterocycles. The highest BCUT2D eigenvalue weighted by atomic mass is 16.3. The van der Waals surface area contributed by atoms with Gasteiger partial charge in [0.1, 0.15) is 0 Å². The van der Waals surface area contributed by atoms with E-state index in [1.54, 1.807) is 0 Å². The number of hydrogen-bond acceptors (Lipinski definition) is 5. The highest BCUT2D eigenvalue weighted by Crippen LogP contribution is 1.94. The number of hydrogen-bond donors (Lipinski definition) is 3. The van der Waals surface area contributed by atoms with Gasteiger partial charge in [-0.15, -0.1) is 5.10 Å². The molecular weight excluding hydrogens is 148 g/mol. The van der Waals surface area contributed by atoms with Gasteiger partial charge in [-0.25, -0.2) is 4.68 Å². The summed E-state index contributed by atoms with van der Waals surface area (Å²) in [6.07, 6.45) is 0.676. The zero-order chi connectivity index (χ0) is 8.27. The maximum Gasteiger partial charge on any atom is 0.165 e. The molecular formula is C5H10N4O2. The van der Waals surface area contributed by atoms with Crippen molar-refractivity contribution in [3.63, 3.8) is 0 Å². The molecule has 0 spiro atoms. The fourth-order valence-electron chi connectivity index (χ4n) is 0.676. The van der Waals surface area contributed by atoms with E-state index in [1.165, 1.54) is 10.9 Å². The molecule has 1 atom stereocenters. The normalized spacial score (nSPS) is 13.3. The van der Waals surface area contributed by atoms with Crippen molar-refractivity contribution in [1.82, 2.24) is 15.0 Å². The second-order valence-corrected chi connectivity index (χ2v) is 2.20. The van der Waals surface area contributed by atoms with E-state index >= 15 is 0 Å². The summed E-state index contributed by atoms with van der Waals surface area (Å²) in [6.45, 7) is -0.0829. The van der Waals surface area contributed by atoms with Crippen LogP contribution in [0.2, 0.25) is 0 Å². The zero-order valence-corrected chi connectivity index (χ0v) is 5.88. The molecule has 6 heteroatoms. The minimum absolute atomic E-state index is 0.209. The molecule has 0 fully saturated rings. The molecule has 1 rings (SSSR count). The Hall–Kier alpha value is -1.14. The van der Waals surface area contributed by atoms with E-state index in [1.807, 2.05) is 0 Å². The van der Waals surface area contributed by atoms with Crippen molar-refractivity contribution in [2.75, 3.05) is 12.3 Å². The van der Waals surface area contributed by atoms with Crippen LogP contribution in [-0.2, 0) is 6.54 Å². The average Bonchev–Trinajstić information content (AvgIpc) is 2.35. The van der Waals surface area contributed by atoms with Gasteiger partial charge < -0.3 is 15.9 Å². The minimum atomic E-state index is -0.809. The van der Waals surface area contributed by atoms with Gasteiger partial charge in [0.2, 0.25) is 0 Å². The molecule has 4 N–H and O–H groups in total. The zero-order valence-electron chi connectivity index (χ0n) is 5.88. The number of rotatable bonds is 3. The van der Waals surface area contributed by atoms with Crippen LogP contribution in [0.25, 0.3) is 0 Å². The fraction of sp³-hybridized carbons (Fsp3) is 0.600. The molecule has 11 heavy (non-hydrogen) atoms. The van der Waals surface area contributed by atoms with Gasteiger partial charge in [0, 0.05) is 0 Å². The van der Waals surface area contributed by atoms with Gasteiger partial charge in [-0.05, 0) is 0 Å². The van der Waals surface area contributed by atoms with Crippen molar-refractivity contribution in [2.24, 2.45) is 0 Å². The van der Waals surface area contributed by atoms with Crippen molar-refractivity contribution >= 4 is 5.82 Å². The Kier molecular flexibility index (Phi) is 2.40. The summed E-state index contributed by atoms with van der Waals surface area (Å²) in [7, 11) is 0. The number of nitrogens with two attached hydrogens (primary N) is 1. The van der Waals surface area contributed by atoms with Crippen LogP contribution in [0.3, 0.4) is 0 Å². The summed E-state index contributed by atoms with van der Waals surface area (Å²) in [5.74, 6) is 0.301. The molecule has 0 aliphatic heterocycles. The van der Waals surface area contributed by atoms with Crippen LogP contribution in [-0.4, -0.2) is 37.9 Å². The molecule has 1 aromatic rings. The van der Waals surface area contributed by atoms with Crippen molar-refractivity contribution in [1.29, 1.82) is 0 Å². The first-order chi connectivity index (χ1) is 5.22. The highest BCUT2D eigenvalue weighted by Gasteiger charge is 2.03. The highest BCUT2D eigenvalue weighted by molar-refractivity contribution is 5.19. The van der Waals surface area contributed by atoms with E-state index in [0.29, 0.717) is 5.82 Å². The standard InChI is InChI=1S/C5H10N4O2/c6-5-2-9(8-7-5)1-4(11)3-10/h2,4,10-11H,1,3,6H2. The summed E-state index contributed by atoms with van der Waals surface area (Å²) in [6, 6.07) is 0. The van der Waals surface area contributed by atoms with Gasteiger partial charge in [-0.1, -0.05) is 5.21 Å². The Bertz CT molecular complexity index is 224. The monoisotopic (exact) mass is 158 g/mol. The molecule has 6 nitrogen and oxygen atoms in total. The van der Waals surface area contributed by atoms with Gasteiger partial charge >= 0.3 is 0 Å². The predicted octanol–water partition coefficient (Wildman–Crippen LogP) is -1.79. The summed E-state index contributed by atoms with van der Waals surface area (Å²) in [4.78, 5) is 0. The summed E-state index contributed by atoms with van der Waals surface area (Å²) < 4.78 is 1.37. The smallest absolute Gasteiger partial charge is 0.165 e. The second kappa shape index (κ2) is 3.31. The third kappa shape index (κ3) is 2.17. The topological polar surface area (TPSA) is 97.2 Å². The summed E-state index contributed by atoms with van der Waals surface area (Å²) in [5, 5.41) is 24.5. The molecule has 0 bridgehead atoms. The first-order valence-corrected chi connectivity index (χ1v) is 3.17. The second-order valence-electron chi connectivity index (χ2n) is 2.20. The number of aromatic nitrogens is 3. The first kappa shape index (κ1) is 7.96. The van der Waals surface area contributed by atoms with Crippen molar-refractivity contribution in [3.05, 3.63) is 6.20 Å². The molecule has 0 aromatic carbocycles. The van der Waals surface area contributed by atoms with Crippen LogP contribution in [0.4, 0.5) is 5.82 Å². The van der Waals surface area contributed by atoms with E-state index in [-0.39, 0.29) is 13.2 Å². The average molecular weight is 158 g/mol. The SMILES string of the molecule is Nc1cn(CC(O)CO)nn1.